The Kier molecular flexibility index (Phi) is 4.12. The molecule has 5 heteroatoms. The number of aryl methyl sites for hydroxylation is 1. The van der Waals surface area contributed by atoms with Crippen molar-refractivity contribution >= 4 is 34.5 Å². The van der Waals surface area contributed by atoms with E-state index in [2.05, 4.69) is 0 Å². The minimum atomic E-state index is -4.81. The highest BCUT2D eigenvalue weighted by Crippen LogP contribution is 2.25. The summed E-state index contributed by atoms with van der Waals surface area (Å²) in [7, 11) is 0. The summed E-state index contributed by atoms with van der Waals surface area (Å²) >= 11 is 1.40. The minimum absolute atomic E-state index is 0.339. The smallest absolute Gasteiger partial charge is 0.283 e. The molecule has 0 saturated heterocycles. The Bertz CT molecular complexity index is 418. The average Bonchev–Trinajstić information content (AvgIpc) is 2.19. The Morgan fingerprint density at radius 3 is 2.19 bits per heavy atom. The van der Waals surface area contributed by atoms with E-state index in [1.165, 1.54) is 28.7 Å². The van der Waals surface area contributed by atoms with Crippen LogP contribution in [0.5, 0.6) is 0 Å². The third-order valence-electron chi connectivity index (χ3n) is 1.85. The van der Waals surface area contributed by atoms with Gasteiger partial charge in [0.25, 0.3) is 5.78 Å². The quantitative estimate of drug-likeness (QED) is 0.590. The highest BCUT2D eigenvalue weighted by Gasteiger charge is 2.39. The molecule has 0 bridgehead atoms. The molecule has 0 N–H and O–H groups in total. The lowest BCUT2D eigenvalue weighted by Crippen LogP contribution is -2.22. The Morgan fingerprint density at radius 2 is 1.75 bits per heavy atom. The summed E-state index contributed by atoms with van der Waals surface area (Å²) in [5.41, 5.74) is 1.59. The van der Waals surface area contributed by atoms with Crippen molar-refractivity contribution in [3.05, 3.63) is 39.0 Å². The molecule has 0 aliphatic carbocycles. The number of benzene rings is 1. The number of carbonyl (C=O) groups excluding carboxylic acids is 1. The van der Waals surface area contributed by atoms with Gasteiger partial charge in [-0.3, -0.25) is 4.79 Å². The number of carbonyl (C=O) groups is 1. The van der Waals surface area contributed by atoms with Gasteiger partial charge >= 0.3 is 6.18 Å². The van der Waals surface area contributed by atoms with Crippen LogP contribution in [0.25, 0.3) is 6.08 Å². The summed E-state index contributed by atoms with van der Waals surface area (Å²) in [5, 5.41) is 0. The van der Waals surface area contributed by atoms with Crippen molar-refractivity contribution in [2.45, 2.75) is 13.1 Å². The maximum absolute atomic E-state index is 12.1. The summed E-state index contributed by atoms with van der Waals surface area (Å²) < 4.78 is 35.9. The molecule has 0 spiro atoms. The van der Waals surface area contributed by atoms with Gasteiger partial charge in [-0.2, -0.15) is 13.2 Å². The first-order valence-corrected chi connectivity index (χ1v) is 5.44. The van der Waals surface area contributed by atoms with E-state index < -0.39 is 12.0 Å². The van der Waals surface area contributed by atoms with E-state index >= 15 is 0 Å². The molecule has 16 heavy (non-hydrogen) atoms. The number of ketones is 1. The van der Waals surface area contributed by atoms with Crippen LogP contribution < -0.4 is 0 Å². The number of hydrogen-bond acceptors (Lipinski definition) is 1. The van der Waals surface area contributed by atoms with E-state index in [-0.39, 0.29) is 3.58 Å². The number of Topliss-reactive ketones (excluding diaryl/α,β-unsaturated/α-hetero) is 1. The molecular formula is C11H8F3IO. The SMILES string of the molecule is Cc1ccc(/C=C(\I)C(=O)C(F)(F)F)cc1. The van der Waals surface area contributed by atoms with E-state index in [4.69, 9.17) is 0 Å². The molecule has 0 aliphatic heterocycles. The van der Waals surface area contributed by atoms with Crippen molar-refractivity contribution in [3.63, 3.8) is 0 Å². The van der Waals surface area contributed by atoms with E-state index in [0.717, 1.165) is 5.56 Å². The summed E-state index contributed by atoms with van der Waals surface area (Å²) in [4.78, 5) is 10.8. The number of alkyl halides is 3. The predicted octanol–water partition coefficient (Wildman–Crippen LogP) is 3.90. The lowest BCUT2D eigenvalue weighted by atomic mass is 10.1. The van der Waals surface area contributed by atoms with Gasteiger partial charge in [-0.15, -0.1) is 0 Å². The first-order chi connectivity index (χ1) is 7.30. The highest BCUT2D eigenvalue weighted by atomic mass is 127. The Labute approximate surface area is 104 Å². The van der Waals surface area contributed by atoms with Gasteiger partial charge in [-0.05, 0) is 41.2 Å². The molecular weight excluding hydrogens is 332 g/mol. The van der Waals surface area contributed by atoms with Crippen molar-refractivity contribution in [2.24, 2.45) is 0 Å². The zero-order chi connectivity index (χ0) is 12.3. The van der Waals surface area contributed by atoms with E-state index in [9.17, 15) is 18.0 Å². The van der Waals surface area contributed by atoms with Crippen LogP contribution in [0.4, 0.5) is 13.2 Å². The average molecular weight is 340 g/mol. The second-order valence-electron chi connectivity index (χ2n) is 3.23. The first-order valence-electron chi connectivity index (χ1n) is 4.36. The number of hydrogen-bond donors (Lipinski definition) is 0. The maximum atomic E-state index is 12.1. The maximum Gasteiger partial charge on any atom is 0.455 e. The zero-order valence-corrected chi connectivity index (χ0v) is 10.5. The molecule has 86 valence electrons. The molecule has 1 aromatic carbocycles. The third-order valence-corrected chi connectivity index (χ3v) is 2.65. The van der Waals surface area contributed by atoms with Crippen LogP contribution in [0.15, 0.2) is 27.8 Å². The fourth-order valence-corrected chi connectivity index (χ4v) is 1.68. The summed E-state index contributed by atoms with van der Waals surface area (Å²) in [6.07, 6.45) is -3.59. The fourth-order valence-electron chi connectivity index (χ4n) is 1.01. The van der Waals surface area contributed by atoms with Gasteiger partial charge in [0, 0.05) is 0 Å². The topological polar surface area (TPSA) is 17.1 Å². The van der Waals surface area contributed by atoms with Gasteiger partial charge < -0.3 is 0 Å². The predicted molar refractivity (Wildman–Crippen MR) is 64.2 cm³/mol. The molecule has 0 aliphatic rings. The lowest BCUT2D eigenvalue weighted by Gasteiger charge is -2.03. The van der Waals surface area contributed by atoms with Crippen LogP contribution in [-0.2, 0) is 4.79 Å². The second kappa shape index (κ2) is 4.99. The van der Waals surface area contributed by atoms with Gasteiger partial charge in [0.15, 0.2) is 0 Å². The molecule has 1 nitrogen and oxygen atoms in total. The van der Waals surface area contributed by atoms with Crippen LogP contribution in [0.2, 0.25) is 0 Å². The molecule has 0 amide bonds. The molecule has 0 fully saturated rings. The molecule has 0 saturated carbocycles. The summed E-state index contributed by atoms with van der Waals surface area (Å²) in [6, 6.07) is 6.87. The second-order valence-corrected chi connectivity index (χ2v) is 4.39. The molecule has 1 rings (SSSR count). The number of halogens is 4. The standard InChI is InChI=1S/C11H8F3IO/c1-7-2-4-8(5-3-7)6-9(15)10(16)11(12,13)14/h2-6H,1H3/b9-6-. The van der Waals surface area contributed by atoms with E-state index in [1.807, 2.05) is 6.92 Å². The highest BCUT2D eigenvalue weighted by molar-refractivity contribution is 14.1. The third kappa shape index (κ3) is 3.62. The van der Waals surface area contributed by atoms with Crippen LogP contribution in [0, 0.1) is 6.92 Å². The summed E-state index contributed by atoms with van der Waals surface area (Å²) in [6.45, 7) is 1.87. The first kappa shape index (κ1) is 13.2. The molecule has 0 heterocycles. The van der Waals surface area contributed by atoms with Crippen molar-refractivity contribution < 1.29 is 18.0 Å². The fraction of sp³-hybridized carbons (Fsp3) is 0.182. The van der Waals surface area contributed by atoms with Crippen LogP contribution >= 0.6 is 22.6 Å². The van der Waals surface area contributed by atoms with E-state index in [0.29, 0.717) is 5.56 Å². The van der Waals surface area contributed by atoms with Crippen LogP contribution in [-0.4, -0.2) is 12.0 Å². The van der Waals surface area contributed by atoms with E-state index in [1.54, 1.807) is 24.3 Å². The molecule has 0 atom stereocenters. The van der Waals surface area contributed by atoms with Crippen LogP contribution in [0.1, 0.15) is 11.1 Å². The van der Waals surface area contributed by atoms with Gasteiger partial charge in [0.05, 0.1) is 3.58 Å². The Hall–Kier alpha value is -0.850. The largest absolute Gasteiger partial charge is 0.455 e. The van der Waals surface area contributed by atoms with Crippen molar-refractivity contribution in [1.29, 1.82) is 0 Å². The molecule has 1 aromatic rings. The lowest BCUT2D eigenvalue weighted by molar-refractivity contribution is -0.165. The monoisotopic (exact) mass is 340 g/mol. The van der Waals surface area contributed by atoms with Gasteiger partial charge in [-0.25, -0.2) is 0 Å². The Balaban J connectivity index is 2.93. The number of allylic oxidation sites excluding steroid dienone is 1. The molecule has 0 aromatic heterocycles. The molecule has 0 unspecified atom stereocenters. The van der Waals surface area contributed by atoms with Gasteiger partial charge in [0.1, 0.15) is 0 Å². The summed E-state index contributed by atoms with van der Waals surface area (Å²) in [5.74, 6) is -1.81. The van der Waals surface area contributed by atoms with Crippen molar-refractivity contribution in [2.75, 3.05) is 0 Å². The van der Waals surface area contributed by atoms with Crippen molar-refractivity contribution in [1.82, 2.24) is 0 Å². The van der Waals surface area contributed by atoms with Gasteiger partial charge in [-0.1, -0.05) is 29.8 Å². The Morgan fingerprint density at radius 1 is 1.25 bits per heavy atom. The number of rotatable bonds is 2. The van der Waals surface area contributed by atoms with Crippen molar-refractivity contribution in [3.8, 4) is 0 Å². The normalized spacial score (nSPS) is 12.7. The van der Waals surface area contributed by atoms with Crippen LogP contribution in [0.3, 0.4) is 0 Å². The van der Waals surface area contributed by atoms with Gasteiger partial charge in [0.2, 0.25) is 0 Å². The minimum Gasteiger partial charge on any atom is -0.283 e. The molecule has 0 radical (unpaired) electrons. The zero-order valence-electron chi connectivity index (χ0n) is 8.31.